The molecule has 2 aliphatic heterocycles. The summed E-state index contributed by atoms with van der Waals surface area (Å²) in [5.41, 5.74) is -0.986. The number of allylic oxidation sites excluding steroid dienone is 2. The van der Waals surface area contributed by atoms with Crippen molar-refractivity contribution in [1.82, 2.24) is 4.90 Å². The molecule has 186 valence electrons. The topological polar surface area (TPSA) is 21.7 Å². The van der Waals surface area contributed by atoms with Crippen molar-refractivity contribution in [2.45, 2.75) is 63.4 Å². The van der Waals surface area contributed by atoms with E-state index in [1.807, 2.05) is 13.1 Å². The van der Waals surface area contributed by atoms with Gasteiger partial charge in [-0.1, -0.05) is 12.2 Å². The first-order chi connectivity index (χ1) is 15.9. The van der Waals surface area contributed by atoms with Crippen molar-refractivity contribution < 1.29 is 35.8 Å². The Morgan fingerprint density at radius 2 is 1.71 bits per heavy atom. The van der Waals surface area contributed by atoms with Gasteiger partial charge in [-0.15, -0.1) is 0 Å². The van der Waals surface area contributed by atoms with E-state index in [2.05, 4.69) is 17.1 Å². The van der Waals surface area contributed by atoms with Crippen LogP contribution in [-0.2, 0) is 21.8 Å². The fraction of sp³-hybridized carbons (Fsp3) is 0.520. The lowest BCUT2D eigenvalue weighted by atomic mass is 9.81. The zero-order valence-corrected chi connectivity index (χ0v) is 18.9. The van der Waals surface area contributed by atoms with Crippen molar-refractivity contribution in [3.8, 4) is 0 Å². The minimum absolute atomic E-state index is 0.0344. The van der Waals surface area contributed by atoms with E-state index in [4.69, 9.17) is 9.47 Å². The molecule has 0 amide bonds. The average Bonchev–Trinajstić information content (AvgIpc) is 2.77. The number of nitrogens with zero attached hydrogens (tertiary/aromatic N) is 1. The van der Waals surface area contributed by atoms with Gasteiger partial charge in [0.2, 0.25) is 6.29 Å². The van der Waals surface area contributed by atoms with Crippen LogP contribution in [-0.4, -0.2) is 30.8 Å². The molecule has 4 atom stereocenters. The molecule has 34 heavy (non-hydrogen) atoms. The quantitative estimate of drug-likeness (QED) is 0.329. The fourth-order valence-corrected chi connectivity index (χ4v) is 4.75. The molecule has 0 bridgehead atoms. The lowest BCUT2D eigenvalue weighted by Crippen LogP contribution is -2.47. The summed E-state index contributed by atoms with van der Waals surface area (Å²) < 4.78 is 91.7. The first-order valence-corrected chi connectivity index (χ1v) is 11.3. The number of benzene rings is 1. The number of ether oxygens (including phenoxy) is 2. The van der Waals surface area contributed by atoms with Crippen LogP contribution in [0.5, 0.6) is 0 Å². The van der Waals surface area contributed by atoms with Crippen molar-refractivity contribution in [3.05, 3.63) is 70.5 Å². The zero-order chi connectivity index (χ0) is 24.7. The molecule has 3 nitrogen and oxygen atoms in total. The number of hydrogen-bond donors (Lipinski definition) is 0. The summed E-state index contributed by atoms with van der Waals surface area (Å²) in [5.74, 6) is 0.0344. The highest BCUT2D eigenvalue weighted by atomic mass is 19.4. The summed E-state index contributed by atoms with van der Waals surface area (Å²) in [5, 5.41) is 0. The summed E-state index contributed by atoms with van der Waals surface area (Å²) in [7, 11) is 2.01. The Labute approximate surface area is 194 Å². The van der Waals surface area contributed by atoms with Crippen molar-refractivity contribution in [2.24, 2.45) is 5.92 Å². The van der Waals surface area contributed by atoms with Gasteiger partial charge in [0.25, 0.3) is 0 Å². The monoisotopic (exact) mass is 487 g/mol. The van der Waals surface area contributed by atoms with Crippen molar-refractivity contribution in [1.29, 1.82) is 0 Å². The molecule has 0 radical (unpaired) electrons. The maximum absolute atomic E-state index is 13.3. The predicted molar refractivity (Wildman–Crippen MR) is 115 cm³/mol. The van der Waals surface area contributed by atoms with E-state index in [1.165, 1.54) is 13.2 Å². The highest BCUT2D eigenvalue weighted by molar-refractivity contribution is 5.39. The van der Waals surface area contributed by atoms with Crippen LogP contribution < -0.4 is 0 Å². The minimum atomic E-state index is -4.92. The van der Waals surface area contributed by atoms with Crippen LogP contribution in [0.3, 0.4) is 0 Å². The van der Waals surface area contributed by atoms with Gasteiger partial charge in [0, 0.05) is 24.1 Å². The molecule has 1 unspecified atom stereocenters. The normalized spacial score (nSPS) is 26.9. The average molecular weight is 487 g/mol. The SMILES string of the molecule is C[C@@H](O[C@H]1OC=CC([C@H]2CCN2C)=C1C1C=CCCC1)c1cc(C(F)(F)F)cc(C(F)(F)F)c1. The first kappa shape index (κ1) is 24.9. The molecule has 1 aromatic carbocycles. The summed E-state index contributed by atoms with van der Waals surface area (Å²) in [6, 6.07) is 1.72. The highest BCUT2D eigenvalue weighted by Gasteiger charge is 2.39. The van der Waals surface area contributed by atoms with E-state index >= 15 is 0 Å². The van der Waals surface area contributed by atoms with Crippen LogP contribution in [0, 0.1) is 5.92 Å². The number of hydrogen-bond acceptors (Lipinski definition) is 3. The highest BCUT2D eigenvalue weighted by Crippen LogP contribution is 2.41. The molecule has 1 saturated heterocycles. The van der Waals surface area contributed by atoms with Gasteiger partial charge < -0.3 is 9.47 Å². The number of halogens is 6. The number of alkyl halides is 6. The Balaban J connectivity index is 1.67. The third-order valence-corrected chi connectivity index (χ3v) is 6.74. The molecule has 0 spiro atoms. The number of likely N-dealkylation sites (N-methyl/N-ethyl adjacent to an activating group) is 1. The molecular weight excluding hydrogens is 460 g/mol. The van der Waals surface area contributed by atoms with Gasteiger partial charge in [-0.2, -0.15) is 26.3 Å². The van der Waals surface area contributed by atoms with Crippen LogP contribution in [0.2, 0.25) is 0 Å². The van der Waals surface area contributed by atoms with Gasteiger partial charge in [0.15, 0.2) is 0 Å². The molecule has 2 heterocycles. The van der Waals surface area contributed by atoms with E-state index < -0.39 is 35.9 Å². The van der Waals surface area contributed by atoms with Gasteiger partial charge in [-0.25, -0.2) is 0 Å². The first-order valence-electron chi connectivity index (χ1n) is 11.3. The van der Waals surface area contributed by atoms with Gasteiger partial charge >= 0.3 is 12.4 Å². The summed E-state index contributed by atoms with van der Waals surface area (Å²) >= 11 is 0. The molecule has 0 N–H and O–H groups in total. The largest absolute Gasteiger partial charge is 0.468 e. The van der Waals surface area contributed by atoms with E-state index in [0.29, 0.717) is 12.1 Å². The molecule has 1 aromatic rings. The van der Waals surface area contributed by atoms with Crippen LogP contribution >= 0.6 is 0 Å². The Morgan fingerprint density at radius 3 is 2.21 bits per heavy atom. The summed E-state index contributed by atoms with van der Waals surface area (Å²) in [6.07, 6.45) is -0.449. The maximum atomic E-state index is 13.3. The predicted octanol–water partition coefficient (Wildman–Crippen LogP) is 7.03. The lowest BCUT2D eigenvalue weighted by molar-refractivity contribution is -0.143. The Morgan fingerprint density at radius 1 is 1.03 bits per heavy atom. The van der Waals surface area contributed by atoms with Crippen LogP contribution in [0.1, 0.15) is 55.4 Å². The molecule has 0 saturated carbocycles. The minimum Gasteiger partial charge on any atom is -0.468 e. The molecular formula is C25H27F6NO2. The molecule has 4 rings (SSSR count). The van der Waals surface area contributed by atoms with E-state index in [1.54, 1.807) is 0 Å². The van der Waals surface area contributed by atoms with Crippen molar-refractivity contribution in [3.63, 3.8) is 0 Å². The lowest BCUT2D eigenvalue weighted by Gasteiger charge is -2.43. The zero-order valence-electron chi connectivity index (χ0n) is 18.9. The van der Waals surface area contributed by atoms with Gasteiger partial charge in [0.05, 0.1) is 23.5 Å². The molecule has 0 aromatic heterocycles. The van der Waals surface area contributed by atoms with Crippen molar-refractivity contribution >= 4 is 0 Å². The van der Waals surface area contributed by atoms with Crippen LogP contribution in [0.4, 0.5) is 26.3 Å². The van der Waals surface area contributed by atoms with Gasteiger partial charge in [-0.05, 0) is 75.1 Å². The Bertz CT molecular complexity index is 962. The molecule has 1 aliphatic carbocycles. The smallest absolute Gasteiger partial charge is 0.416 e. The standard InChI is InChI=1S/C25H27F6NO2/c1-15(17-12-18(24(26,27)28)14-19(13-17)25(29,30)31)34-23-22(16-6-4-3-5-7-16)20(9-11-33-23)21-8-10-32(21)2/h4,6,9,11-16,21,23H,3,5,7-8,10H2,1-2H3/t15-,16?,21-,23-/m1/s1. The number of rotatable bonds is 5. The summed E-state index contributed by atoms with van der Waals surface area (Å²) in [6.45, 7) is 2.39. The third-order valence-electron chi connectivity index (χ3n) is 6.74. The molecule has 9 heteroatoms. The third kappa shape index (κ3) is 5.20. The maximum Gasteiger partial charge on any atom is 0.416 e. The second kappa shape index (κ2) is 9.41. The molecule has 3 aliphatic rings. The second-order valence-electron chi connectivity index (χ2n) is 9.05. The van der Waals surface area contributed by atoms with Crippen LogP contribution in [0.25, 0.3) is 0 Å². The molecule has 1 fully saturated rings. The van der Waals surface area contributed by atoms with Crippen molar-refractivity contribution in [2.75, 3.05) is 13.6 Å². The Hall–Kier alpha value is -2.26. The fourth-order valence-electron chi connectivity index (χ4n) is 4.75. The van der Waals surface area contributed by atoms with Crippen LogP contribution in [0.15, 0.2) is 53.8 Å². The number of likely N-dealkylation sites (tertiary alicyclic amines) is 1. The van der Waals surface area contributed by atoms with Gasteiger partial charge in [0.1, 0.15) is 0 Å². The van der Waals surface area contributed by atoms with E-state index in [9.17, 15) is 26.3 Å². The van der Waals surface area contributed by atoms with E-state index in [-0.39, 0.29) is 23.6 Å². The second-order valence-corrected chi connectivity index (χ2v) is 9.05. The summed E-state index contributed by atoms with van der Waals surface area (Å²) in [4.78, 5) is 2.19. The Kier molecular flexibility index (Phi) is 6.88. The van der Waals surface area contributed by atoms with E-state index in [0.717, 1.165) is 43.4 Å². The van der Waals surface area contributed by atoms with Gasteiger partial charge in [-0.3, -0.25) is 4.90 Å².